The van der Waals surface area contributed by atoms with Crippen molar-refractivity contribution in [2.75, 3.05) is 0 Å². The lowest BCUT2D eigenvalue weighted by Crippen LogP contribution is -2.29. The fraction of sp³-hybridized carbons (Fsp3) is 0.167. The summed E-state index contributed by atoms with van der Waals surface area (Å²) >= 11 is 0. The van der Waals surface area contributed by atoms with Crippen molar-refractivity contribution in [2.45, 2.75) is 13.0 Å². The molecule has 2 rings (SSSR count). The highest BCUT2D eigenvalue weighted by Crippen LogP contribution is 2.24. The third-order valence-electron chi connectivity index (χ3n) is 2.46. The Morgan fingerprint density at radius 2 is 2.19 bits per heavy atom. The van der Waals surface area contributed by atoms with Gasteiger partial charge in [-0.25, -0.2) is 9.82 Å². The maximum absolute atomic E-state index is 13.7. The van der Waals surface area contributed by atoms with Crippen LogP contribution in [0.3, 0.4) is 0 Å². The fourth-order valence-corrected chi connectivity index (χ4v) is 1.67. The monoisotopic (exact) mass is 220 g/mol. The number of benzene rings is 1. The van der Waals surface area contributed by atoms with Gasteiger partial charge in [-0.3, -0.25) is 5.84 Å². The van der Waals surface area contributed by atoms with Crippen LogP contribution in [-0.4, -0.2) is 0 Å². The lowest BCUT2D eigenvalue weighted by Gasteiger charge is -2.15. The van der Waals surface area contributed by atoms with Gasteiger partial charge < -0.3 is 4.42 Å². The smallest absolute Gasteiger partial charge is 0.128 e. The molecule has 0 fully saturated rings. The average molecular weight is 220 g/mol. The summed E-state index contributed by atoms with van der Waals surface area (Å²) in [6.45, 7) is 1.90. The van der Waals surface area contributed by atoms with Gasteiger partial charge in [0.1, 0.15) is 17.6 Å². The van der Waals surface area contributed by atoms with Crippen LogP contribution in [0.2, 0.25) is 0 Å². The van der Waals surface area contributed by atoms with Crippen molar-refractivity contribution in [2.24, 2.45) is 5.84 Å². The summed E-state index contributed by atoms with van der Waals surface area (Å²) < 4.78 is 18.9. The minimum Gasteiger partial charge on any atom is -0.467 e. The Hall–Kier alpha value is -1.65. The van der Waals surface area contributed by atoms with Crippen LogP contribution >= 0.6 is 0 Å². The molecule has 1 unspecified atom stereocenters. The van der Waals surface area contributed by atoms with Crippen LogP contribution in [0, 0.1) is 12.7 Å². The number of hydrazine groups is 1. The molecule has 0 amide bonds. The first-order valence-electron chi connectivity index (χ1n) is 4.98. The second-order valence-electron chi connectivity index (χ2n) is 3.64. The van der Waals surface area contributed by atoms with Gasteiger partial charge in [-0.05, 0) is 25.1 Å². The van der Waals surface area contributed by atoms with Gasteiger partial charge in [0, 0.05) is 5.56 Å². The van der Waals surface area contributed by atoms with Gasteiger partial charge in [-0.15, -0.1) is 0 Å². The number of aryl methyl sites for hydroxylation is 1. The number of rotatable bonds is 3. The van der Waals surface area contributed by atoms with Gasteiger partial charge in [0.05, 0.1) is 6.26 Å². The van der Waals surface area contributed by atoms with E-state index in [4.69, 9.17) is 10.3 Å². The zero-order chi connectivity index (χ0) is 11.5. The Morgan fingerprint density at radius 3 is 2.81 bits per heavy atom. The zero-order valence-electron chi connectivity index (χ0n) is 8.91. The van der Waals surface area contributed by atoms with Gasteiger partial charge >= 0.3 is 0 Å². The van der Waals surface area contributed by atoms with E-state index < -0.39 is 6.04 Å². The summed E-state index contributed by atoms with van der Waals surface area (Å²) in [6.07, 6.45) is 1.54. The van der Waals surface area contributed by atoms with Gasteiger partial charge in [-0.2, -0.15) is 0 Å². The quantitative estimate of drug-likeness (QED) is 0.616. The van der Waals surface area contributed by atoms with Crippen molar-refractivity contribution in [1.82, 2.24) is 5.43 Å². The van der Waals surface area contributed by atoms with Crippen molar-refractivity contribution >= 4 is 0 Å². The molecule has 3 nitrogen and oxygen atoms in total. The van der Waals surface area contributed by atoms with E-state index in [0.717, 1.165) is 5.56 Å². The Bertz CT molecular complexity index is 468. The van der Waals surface area contributed by atoms with Crippen molar-refractivity contribution in [3.63, 3.8) is 0 Å². The molecule has 16 heavy (non-hydrogen) atoms. The normalized spacial score (nSPS) is 12.7. The van der Waals surface area contributed by atoms with Gasteiger partial charge in [0.15, 0.2) is 0 Å². The highest BCUT2D eigenvalue weighted by atomic mass is 19.1. The summed E-state index contributed by atoms with van der Waals surface area (Å²) in [5, 5.41) is 0. The molecular weight excluding hydrogens is 207 g/mol. The van der Waals surface area contributed by atoms with Crippen molar-refractivity contribution in [3.8, 4) is 0 Å². The number of nitrogens with one attached hydrogen (secondary N) is 1. The molecule has 0 bridgehead atoms. The van der Waals surface area contributed by atoms with Crippen LogP contribution in [0.5, 0.6) is 0 Å². The Labute approximate surface area is 93.0 Å². The van der Waals surface area contributed by atoms with Crippen molar-refractivity contribution in [1.29, 1.82) is 0 Å². The highest BCUT2D eigenvalue weighted by molar-refractivity contribution is 5.31. The molecule has 0 spiro atoms. The van der Waals surface area contributed by atoms with Crippen molar-refractivity contribution < 1.29 is 8.81 Å². The minimum absolute atomic E-state index is 0.301. The number of nitrogens with two attached hydrogens (primary N) is 1. The highest BCUT2D eigenvalue weighted by Gasteiger charge is 2.18. The van der Waals surface area contributed by atoms with E-state index in [1.54, 1.807) is 24.3 Å². The SMILES string of the molecule is Cc1ccc(F)c(C(NN)c2ccco2)c1. The molecule has 1 heterocycles. The third-order valence-corrected chi connectivity index (χ3v) is 2.46. The summed E-state index contributed by atoms with van der Waals surface area (Å²) in [5.41, 5.74) is 4.01. The molecule has 1 aromatic carbocycles. The number of halogens is 1. The summed E-state index contributed by atoms with van der Waals surface area (Å²) in [7, 11) is 0. The first kappa shape index (κ1) is 10.9. The predicted molar refractivity (Wildman–Crippen MR) is 59.0 cm³/mol. The molecule has 0 saturated carbocycles. The molecule has 0 saturated heterocycles. The molecule has 0 aliphatic heterocycles. The second kappa shape index (κ2) is 4.47. The first-order chi connectivity index (χ1) is 7.72. The number of hydrogen-bond acceptors (Lipinski definition) is 3. The zero-order valence-corrected chi connectivity index (χ0v) is 8.91. The second-order valence-corrected chi connectivity index (χ2v) is 3.64. The molecule has 0 aliphatic rings. The Morgan fingerprint density at radius 1 is 1.38 bits per heavy atom. The summed E-state index contributed by atoms with van der Waals surface area (Å²) in [5.74, 6) is 5.73. The largest absolute Gasteiger partial charge is 0.467 e. The van der Waals surface area contributed by atoms with Crippen LogP contribution in [-0.2, 0) is 0 Å². The van der Waals surface area contributed by atoms with E-state index in [9.17, 15) is 4.39 Å². The molecule has 0 aliphatic carbocycles. The summed E-state index contributed by atoms with van der Waals surface area (Å²) in [6, 6.07) is 7.93. The average Bonchev–Trinajstić information content (AvgIpc) is 2.78. The van der Waals surface area contributed by atoms with Crippen molar-refractivity contribution in [3.05, 3.63) is 59.3 Å². The maximum atomic E-state index is 13.7. The standard InChI is InChI=1S/C12H13FN2O/c1-8-4-5-10(13)9(7-8)12(15-14)11-3-2-6-16-11/h2-7,12,15H,14H2,1H3. The first-order valence-corrected chi connectivity index (χ1v) is 4.98. The molecule has 4 heteroatoms. The molecule has 0 radical (unpaired) electrons. The van der Waals surface area contributed by atoms with E-state index in [1.807, 2.05) is 6.92 Å². The van der Waals surface area contributed by atoms with Crippen LogP contribution in [0.4, 0.5) is 4.39 Å². The van der Waals surface area contributed by atoms with Gasteiger partial charge in [0.25, 0.3) is 0 Å². The minimum atomic E-state index is -0.463. The lowest BCUT2D eigenvalue weighted by atomic mass is 10.0. The van der Waals surface area contributed by atoms with E-state index in [2.05, 4.69) is 5.43 Å². The lowest BCUT2D eigenvalue weighted by molar-refractivity contribution is 0.441. The molecule has 1 aromatic heterocycles. The van der Waals surface area contributed by atoms with Crippen LogP contribution in [0.25, 0.3) is 0 Å². The number of furan rings is 1. The fourth-order valence-electron chi connectivity index (χ4n) is 1.67. The van der Waals surface area contributed by atoms with E-state index in [0.29, 0.717) is 11.3 Å². The molecule has 1 atom stereocenters. The van der Waals surface area contributed by atoms with E-state index in [-0.39, 0.29) is 5.82 Å². The topological polar surface area (TPSA) is 51.2 Å². The third kappa shape index (κ3) is 1.98. The Kier molecular flexibility index (Phi) is 3.03. The maximum Gasteiger partial charge on any atom is 0.128 e. The molecule has 3 N–H and O–H groups in total. The predicted octanol–water partition coefficient (Wildman–Crippen LogP) is 2.28. The van der Waals surface area contributed by atoms with Crippen LogP contribution in [0.1, 0.15) is 22.9 Å². The van der Waals surface area contributed by atoms with E-state index in [1.165, 1.54) is 12.3 Å². The molecular formula is C12H13FN2O. The Balaban J connectivity index is 2.44. The van der Waals surface area contributed by atoms with Gasteiger partial charge in [-0.1, -0.05) is 17.7 Å². The van der Waals surface area contributed by atoms with Crippen LogP contribution in [0.15, 0.2) is 41.0 Å². The van der Waals surface area contributed by atoms with E-state index >= 15 is 0 Å². The van der Waals surface area contributed by atoms with Crippen LogP contribution < -0.4 is 11.3 Å². The summed E-state index contributed by atoms with van der Waals surface area (Å²) in [4.78, 5) is 0. The van der Waals surface area contributed by atoms with Gasteiger partial charge in [0.2, 0.25) is 0 Å². The number of hydrogen-bond donors (Lipinski definition) is 2. The molecule has 84 valence electrons. The molecule has 2 aromatic rings.